The van der Waals surface area contributed by atoms with Gasteiger partial charge in [-0.1, -0.05) is 63.6 Å². The summed E-state index contributed by atoms with van der Waals surface area (Å²) in [5.74, 6) is 5.32. The first-order valence-corrected chi connectivity index (χ1v) is 7.87. The molecule has 0 aliphatic heterocycles. The number of allylic oxidation sites excluding steroid dienone is 2. The summed E-state index contributed by atoms with van der Waals surface area (Å²) >= 11 is 0. The summed E-state index contributed by atoms with van der Waals surface area (Å²) in [7, 11) is -0.538. The van der Waals surface area contributed by atoms with Gasteiger partial charge in [-0.2, -0.15) is 0 Å². The molecule has 2 heteroatoms. The largest absolute Gasteiger partial charge is 0.207 e. The molecule has 1 aromatic carbocycles. The summed E-state index contributed by atoms with van der Waals surface area (Å²) in [4.78, 5) is 0. The van der Waals surface area contributed by atoms with Gasteiger partial charge >= 0.3 is 0 Å². The van der Waals surface area contributed by atoms with Crippen LogP contribution in [-0.4, -0.2) is 0 Å². The Hall–Kier alpha value is -0.940. The van der Waals surface area contributed by atoms with E-state index in [1.54, 1.807) is 12.1 Å². The van der Waals surface area contributed by atoms with E-state index in [1.165, 1.54) is 6.07 Å². The van der Waals surface area contributed by atoms with E-state index in [4.69, 9.17) is 0 Å². The van der Waals surface area contributed by atoms with E-state index in [-0.39, 0.29) is 5.82 Å². The monoisotopic (exact) mass is 264 g/mol. The highest BCUT2D eigenvalue weighted by atomic mass is 31.1. The number of rotatable bonds is 5. The van der Waals surface area contributed by atoms with Gasteiger partial charge in [-0.3, -0.25) is 0 Å². The summed E-state index contributed by atoms with van der Waals surface area (Å²) < 4.78 is 13.3. The van der Waals surface area contributed by atoms with Gasteiger partial charge in [-0.25, -0.2) is 4.39 Å². The lowest BCUT2D eigenvalue weighted by molar-refractivity contribution is 0.629. The minimum atomic E-state index is -0.538. The second kappa shape index (κ2) is 7.48. The molecule has 0 radical (unpaired) electrons. The highest BCUT2D eigenvalue weighted by molar-refractivity contribution is 7.71. The van der Waals surface area contributed by atoms with Gasteiger partial charge in [0.1, 0.15) is 5.82 Å². The molecule has 98 valence electrons. The van der Waals surface area contributed by atoms with Crippen molar-refractivity contribution < 1.29 is 4.39 Å². The Morgan fingerprint density at radius 3 is 2.00 bits per heavy atom. The second-order valence-corrected chi connectivity index (χ2v) is 6.99. The predicted octanol–water partition coefficient (Wildman–Crippen LogP) is 5.27. The van der Waals surface area contributed by atoms with Crippen molar-refractivity contribution in [2.45, 2.75) is 27.7 Å². The Morgan fingerprint density at radius 2 is 1.56 bits per heavy atom. The molecular formula is C16H22FP. The first-order chi connectivity index (χ1) is 8.49. The van der Waals surface area contributed by atoms with Gasteiger partial charge in [0, 0.05) is 0 Å². The van der Waals surface area contributed by atoms with E-state index in [9.17, 15) is 4.39 Å². The Kier molecular flexibility index (Phi) is 6.29. The molecule has 0 aliphatic rings. The van der Waals surface area contributed by atoms with Crippen LogP contribution in [0.2, 0.25) is 0 Å². The third kappa shape index (κ3) is 5.60. The van der Waals surface area contributed by atoms with Crippen molar-refractivity contribution in [3.05, 3.63) is 53.9 Å². The Bertz CT molecular complexity index is 401. The highest BCUT2D eigenvalue weighted by Crippen LogP contribution is 2.38. The number of benzene rings is 1. The van der Waals surface area contributed by atoms with Crippen molar-refractivity contribution >= 4 is 13.2 Å². The molecule has 0 unspecified atom stereocenters. The quantitative estimate of drug-likeness (QED) is 0.635. The maximum absolute atomic E-state index is 13.3. The van der Waals surface area contributed by atoms with E-state index in [1.807, 2.05) is 6.07 Å². The molecule has 0 aliphatic carbocycles. The van der Waals surface area contributed by atoms with Crippen LogP contribution in [0.15, 0.2) is 48.1 Å². The van der Waals surface area contributed by atoms with E-state index >= 15 is 0 Å². The van der Waals surface area contributed by atoms with Crippen molar-refractivity contribution in [1.29, 1.82) is 0 Å². The van der Waals surface area contributed by atoms with Crippen molar-refractivity contribution in [2.24, 2.45) is 11.8 Å². The van der Waals surface area contributed by atoms with Gasteiger partial charge in [-0.05, 0) is 37.2 Å². The molecule has 1 aromatic rings. The molecule has 0 amide bonds. The molecule has 0 saturated carbocycles. The van der Waals surface area contributed by atoms with Crippen molar-refractivity contribution in [3.63, 3.8) is 0 Å². The van der Waals surface area contributed by atoms with Gasteiger partial charge in [-0.15, -0.1) is 0 Å². The highest BCUT2D eigenvalue weighted by Gasteiger charge is 2.05. The van der Waals surface area contributed by atoms with Crippen LogP contribution in [0.5, 0.6) is 0 Å². The van der Waals surface area contributed by atoms with Gasteiger partial charge in [0.05, 0.1) is 0 Å². The van der Waals surface area contributed by atoms with E-state index in [0.717, 1.165) is 5.30 Å². The number of hydrogen-bond donors (Lipinski definition) is 0. The minimum Gasteiger partial charge on any atom is -0.207 e. The number of halogens is 1. The maximum Gasteiger partial charge on any atom is 0.123 e. The fraction of sp³-hybridized carbons (Fsp3) is 0.375. The molecule has 0 nitrogen and oxygen atoms in total. The summed E-state index contributed by atoms with van der Waals surface area (Å²) in [6, 6.07) is 6.92. The molecule has 0 N–H and O–H groups in total. The van der Waals surface area contributed by atoms with Crippen LogP contribution < -0.4 is 5.30 Å². The third-order valence-electron chi connectivity index (χ3n) is 2.37. The molecule has 0 atom stereocenters. The topological polar surface area (TPSA) is 0 Å². The van der Waals surface area contributed by atoms with Gasteiger partial charge < -0.3 is 0 Å². The molecule has 0 spiro atoms. The Morgan fingerprint density at radius 1 is 1.00 bits per heavy atom. The van der Waals surface area contributed by atoms with Crippen LogP contribution in [0.3, 0.4) is 0 Å². The average Bonchev–Trinajstić information content (AvgIpc) is 2.28. The zero-order chi connectivity index (χ0) is 13.5. The van der Waals surface area contributed by atoms with Crippen molar-refractivity contribution in [1.82, 2.24) is 0 Å². The van der Waals surface area contributed by atoms with Crippen LogP contribution in [0, 0.1) is 17.7 Å². The standard InChI is InChI=1S/C16H22FP/c1-13(2)8-10-18(11-9-14(3)4)16-7-5-6-15(17)12-16/h5-14H,1-4H3. The molecule has 0 heterocycles. The minimum absolute atomic E-state index is 0.157. The molecule has 0 saturated heterocycles. The smallest absolute Gasteiger partial charge is 0.123 e. The molecule has 18 heavy (non-hydrogen) atoms. The Labute approximate surface area is 111 Å². The summed E-state index contributed by atoms with van der Waals surface area (Å²) in [6.07, 6.45) is 4.39. The van der Waals surface area contributed by atoms with Gasteiger partial charge in [0.15, 0.2) is 0 Å². The zero-order valence-electron chi connectivity index (χ0n) is 11.6. The molecular weight excluding hydrogens is 242 g/mol. The van der Waals surface area contributed by atoms with Crippen molar-refractivity contribution in [2.75, 3.05) is 0 Å². The third-order valence-corrected chi connectivity index (χ3v) is 4.23. The predicted molar refractivity (Wildman–Crippen MR) is 80.9 cm³/mol. The van der Waals surface area contributed by atoms with Crippen molar-refractivity contribution in [3.8, 4) is 0 Å². The lowest BCUT2D eigenvalue weighted by atomic mass is 10.2. The van der Waals surface area contributed by atoms with Crippen LogP contribution in [0.25, 0.3) is 0 Å². The first kappa shape index (κ1) is 15.1. The van der Waals surface area contributed by atoms with E-state index < -0.39 is 7.92 Å². The lowest BCUT2D eigenvalue weighted by Gasteiger charge is -2.10. The maximum atomic E-state index is 13.3. The molecule has 0 fully saturated rings. The molecule has 0 bridgehead atoms. The van der Waals surface area contributed by atoms with Gasteiger partial charge in [0.2, 0.25) is 0 Å². The fourth-order valence-corrected chi connectivity index (χ4v) is 3.42. The SMILES string of the molecule is CC(C)C=CP(C=CC(C)C)c1cccc(F)c1. The average molecular weight is 264 g/mol. The normalized spacial score (nSPS) is 14.2. The summed E-state index contributed by atoms with van der Waals surface area (Å²) in [5, 5.41) is 1.07. The first-order valence-electron chi connectivity index (χ1n) is 6.39. The number of hydrogen-bond acceptors (Lipinski definition) is 0. The van der Waals surface area contributed by atoms with Crippen LogP contribution in [-0.2, 0) is 0 Å². The van der Waals surface area contributed by atoms with E-state index in [2.05, 4.69) is 51.5 Å². The lowest BCUT2D eigenvalue weighted by Crippen LogP contribution is -1.98. The van der Waals surface area contributed by atoms with Crippen LogP contribution in [0.1, 0.15) is 27.7 Å². The molecule has 1 rings (SSSR count). The Balaban J connectivity index is 2.96. The van der Waals surface area contributed by atoms with Crippen LogP contribution >= 0.6 is 7.92 Å². The molecule has 0 aromatic heterocycles. The fourth-order valence-electron chi connectivity index (χ4n) is 1.39. The van der Waals surface area contributed by atoms with Gasteiger partial charge in [0.25, 0.3) is 0 Å². The summed E-state index contributed by atoms with van der Waals surface area (Å²) in [5.41, 5.74) is 0. The zero-order valence-corrected chi connectivity index (χ0v) is 12.5. The summed E-state index contributed by atoms with van der Waals surface area (Å²) in [6.45, 7) is 8.62. The van der Waals surface area contributed by atoms with Crippen LogP contribution in [0.4, 0.5) is 4.39 Å². The second-order valence-electron chi connectivity index (χ2n) is 5.06. The van der Waals surface area contributed by atoms with E-state index in [0.29, 0.717) is 11.8 Å².